The van der Waals surface area contributed by atoms with E-state index in [0.717, 1.165) is 33.6 Å². The number of amides is 3. The maximum absolute atomic E-state index is 13.8. The molecular formula is C28H19FN4O6S2. The molecule has 10 nitrogen and oxygen atoms in total. The van der Waals surface area contributed by atoms with Crippen LogP contribution in [0.25, 0.3) is 0 Å². The average molecular weight is 591 g/mol. The van der Waals surface area contributed by atoms with Crippen molar-refractivity contribution in [3.8, 4) is 0 Å². The van der Waals surface area contributed by atoms with Gasteiger partial charge in [-0.05, 0) is 42.0 Å². The number of rotatable bonds is 6. The van der Waals surface area contributed by atoms with Gasteiger partial charge in [-0.2, -0.15) is 0 Å². The Labute approximate surface area is 239 Å². The summed E-state index contributed by atoms with van der Waals surface area (Å²) in [4.78, 5) is 65.3. The number of nitrogens with zero attached hydrogens (tertiary/aromatic N) is 3. The van der Waals surface area contributed by atoms with Gasteiger partial charge >= 0.3 is 4.87 Å². The number of hydrogen-bond donors (Lipinski definition) is 1. The molecule has 3 aromatic carbocycles. The maximum atomic E-state index is 13.8. The lowest BCUT2D eigenvalue weighted by molar-refractivity contribution is -0.384. The van der Waals surface area contributed by atoms with Crippen molar-refractivity contribution in [1.82, 2.24) is 4.57 Å². The number of carbonyl (C=O) groups excluding carboxylic acids is 3. The van der Waals surface area contributed by atoms with Crippen LogP contribution in [0.15, 0.2) is 88.7 Å². The second-order valence-electron chi connectivity index (χ2n) is 9.42. The van der Waals surface area contributed by atoms with Crippen LogP contribution in [0.5, 0.6) is 0 Å². The minimum Gasteiger partial charge on any atom is -0.325 e. The van der Waals surface area contributed by atoms with Gasteiger partial charge in [0.2, 0.25) is 17.7 Å². The third-order valence-corrected chi connectivity index (χ3v) is 9.56. The van der Waals surface area contributed by atoms with Crippen molar-refractivity contribution < 1.29 is 23.7 Å². The molecule has 206 valence electrons. The molecule has 0 saturated carbocycles. The van der Waals surface area contributed by atoms with Crippen LogP contribution in [0.4, 0.5) is 21.5 Å². The molecule has 3 amide bonds. The predicted molar refractivity (Wildman–Crippen MR) is 151 cm³/mol. The van der Waals surface area contributed by atoms with Gasteiger partial charge in [0, 0.05) is 28.6 Å². The number of imide groups is 1. The van der Waals surface area contributed by atoms with Gasteiger partial charge in [0.15, 0.2) is 0 Å². The van der Waals surface area contributed by atoms with Crippen LogP contribution < -0.4 is 15.1 Å². The van der Waals surface area contributed by atoms with Crippen LogP contribution in [0.3, 0.4) is 0 Å². The van der Waals surface area contributed by atoms with E-state index in [0.29, 0.717) is 15.6 Å². The summed E-state index contributed by atoms with van der Waals surface area (Å²) in [6.07, 6.45) is 0. The molecule has 2 aliphatic rings. The summed E-state index contributed by atoms with van der Waals surface area (Å²) < 4.78 is 14.6. The standard InChI is InChI=1S/C28H19FN4O6S2/c29-16-6-8-17(9-7-16)30-20(34)14-31-27-24(41-28(31)37)21(15-4-2-1-3-5-15)22-23(40-27)26(36)32(25(22)35)18-10-12-19(13-11-18)33(38)39/h1-13,21-23H,14H2,(H,30,34). The smallest absolute Gasteiger partial charge is 0.308 e. The zero-order valence-corrected chi connectivity index (χ0v) is 22.6. The van der Waals surface area contributed by atoms with Crippen molar-refractivity contribution in [1.29, 1.82) is 0 Å². The fourth-order valence-corrected chi connectivity index (χ4v) is 7.90. The Morgan fingerprint density at radius 3 is 2.29 bits per heavy atom. The molecular weight excluding hydrogens is 571 g/mol. The Hall–Kier alpha value is -4.62. The van der Waals surface area contributed by atoms with Gasteiger partial charge in [-0.15, -0.1) is 0 Å². The number of carbonyl (C=O) groups is 3. The number of thioether (sulfide) groups is 1. The zero-order valence-electron chi connectivity index (χ0n) is 20.9. The summed E-state index contributed by atoms with van der Waals surface area (Å²) in [5.41, 5.74) is 1.14. The van der Waals surface area contributed by atoms with Gasteiger partial charge in [-0.3, -0.25) is 33.9 Å². The molecule has 0 spiro atoms. The molecule has 1 saturated heterocycles. The molecule has 0 bridgehead atoms. The summed E-state index contributed by atoms with van der Waals surface area (Å²) in [5.74, 6) is -3.41. The summed E-state index contributed by atoms with van der Waals surface area (Å²) in [6.45, 7) is -0.345. The number of aromatic nitrogens is 1. The Balaban J connectivity index is 1.38. The number of nitro benzene ring substituents is 1. The Kier molecular flexibility index (Phi) is 6.75. The number of hydrogen-bond acceptors (Lipinski definition) is 8. The Morgan fingerprint density at radius 1 is 0.951 bits per heavy atom. The van der Waals surface area contributed by atoms with Gasteiger partial charge < -0.3 is 5.32 Å². The van der Waals surface area contributed by atoms with E-state index in [-0.39, 0.29) is 17.9 Å². The normalized spacial score (nSPS) is 19.5. The molecule has 13 heteroatoms. The van der Waals surface area contributed by atoms with Crippen LogP contribution in [-0.4, -0.2) is 32.5 Å². The number of benzene rings is 3. The van der Waals surface area contributed by atoms with E-state index >= 15 is 0 Å². The fraction of sp³-hybridized carbons (Fsp3) is 0.143. The minimum atomic E-state index is -0.893. The topological polar surface area (TPSA) is 132 Å². The van der Waals surface area contributed by atoms with Gasteiger partial charge in [-0.1, -0.05) is 53.4 Å². The lowest BCUT2D eigenvalue weighted by Crippen LogP contribution is -2.33. The quantitative estimate of drug-likeness (QED) is 0.200. The minimum absolute atomic E-state index is 0.174. The third-order valence-electron chi connectivity index (χ3n) is 6.96. The van der Waals surface area contributed by atoms with Crippen LogP contribution >= 0.6 is 23.1 Å². The molecule has 1 fully saturated rings. The number of halogens is 1. The van der Waals surface area contributed by atoms with E-state index in [9.17, 15) is 33.7 Å². The van der Waals surface area contributed by atoms with Crippen LogP contribution in [-0.2, 0) is 20.9 Å². The second-order valence-corrected chi connectivity index (χ2v) is 11.5. The first-order chi connectivity index (χ1) is 19.7. The molecule has 41 heavy (non-hydrogen) atoms. The van der Waals surface area contributed by atoms with Gasteiger partial charge in [0.05, 0.1) is 21.6 Å². The molecule has 2 aliphatic heterocycles. The fourth-order valence-electron chi connectivity index (χ4n) is 5.13. The van der Waals surface area contributed by atoms with E-state index in [1.807, 2.05) is 18.2 Å². The molecule has 1 N–H and O–H groups in total. The molecule has 1 aromatic heterocycles. The van der Waals surface area contributed by atoms with Gasteiger partial charge in [0.1, 0.15) is 17.6 Å². The highest BCUT2D eigenvalue weighted by molar-refractivity contribution is 8.00. The lowest BCUT2D eigenvalue weighted by atomic mass is 9.83. The highest BCUT2D eigenvalue weighted by Crippen LogP contribution is 2.53. The van der Waals surface area contributed by atoms with Crippen molar-refractivity contribution in [2.24, 2.45) is 5.92 Å². The first-order valence-corrected chi connectivity index (χ1v) is 14.1. The predicted octanol–water partition coefficient (Wildman–Crippen LogP) is 4.39. The second kappa shape index (κ2) is 10.4. The van der Waals surface area contributed by atoms with Crippen molar-refractivity contribution in [3.05, 3.63) is 115 Å². The third kappa shape index (κ3) is 4.72. The average Bonchev–Trinajstić information content (AvgIpc) is 3.40. The SMILES string of the molecule is O=C(Cn1c2c(sc1=O)C(c1ccccc1)C1C(=O)N(c3ccc([N+](=O)[O-])cc3)C(=O)C1S2)Nc1ccc(F)cc1. The monoisotopic (exact) mass is 590 g/mol. The van der Waals surface area contributed by atoms with Crippen molar-refractivity contribution in [2.75, 3.05) is 10.2 Å². The number of fused-ring (bicyclic) bond motifs is 2. The molecule has 6 rings (SSSR count). The Bertz CT molecular complexity index is 1760. The highest BCUT2D eigenvalue weighted by Gasteiger charge is 2.56. The van der Waals surface area contributed by atoms with E-state index in [1.165, 1.54) is 53.1 Å². The molecule has 4 aromatic rings. The molecule has 3 unspecified atom stereocenters. The van der Waals surface area contributed by atoms with E-state index in [2.05, 4.69) is 5.32 Å². The lowest BCUT2D eigenvalue weighted by Gasteiger charge is -2.30. The van der Waals surface area contributed by atoms with Crippen LogP contribution in [0.2, 0.25) is 0 Å². The van der Waals surface area contributed by atoms with E-state index in [4.69, 9.17) is 0 Å². The number of non-ortho nitro benzene ring substituents is 1. The zero-order chi connectivity index (χ0) is 28.8. The number of anilines is 2. The summed E-state index contributed by atoms with van der Waals surface area (Å²) >= 11 is 1.99. The first kappa shape index (κ1) is 26.6. The van der Waals surface area contributed by atoms with Crippen molar-refractivity contribution >= 4 is 57.9 Å². The van der Waals surface area contributed by atoms with E-state index < -0.39 is 50.4 Å². The molecule has 0 radical (unpaired) electrons. The summed E-state index contributed by atoms with van der Waals surface area (Å²) in [5, 5.41) is 13.3. The van der Waals surface area contributed by atoms with E-state index in [1.54, 1.807) is 12.1 Å². The largest absolute Gasteiger partial charge is 0.325 e. The molecule has 3 heterocycles. The van der Waals surface area contributed by atoms with Crippen LogP contribution in [0.1, 0.15) is 16.4 Å². The van der Waals surface area contributed by atoms with Crippen molar-refractivity contribution in [2.45, 2.75) is 22.7 Å². The number of nitrogens with one attached hydrogen (secondary N) is 1. The first-order valence-electron chi connectivity index (χ1n) is 12.4. The number of thiazole rings is 1. The summed E-state index contributed by atoms with van der Waals surface area (Å²) in [7, 11) is 0. The maximum Gasteiger partial charge on any atom is 0.308 e. The van der Waals surface area contributed by atoms with Gasteiger partial charge in [-0.25, -0.2) is 9.29 Å². The Morgan fingerprint density at radius 2 is 1.63 bits per heavy atom. The summed E-state index contributed by atoms with van der Waals surface area (Å²) in [6, 6.07) is 19.5. The highest BCUT2D eigenvalue weighted by atomic mass is 32.2. The molecule has 0 aliphatic carbocycles. The molecule has 3 atom stereocenters. The van der Waals surface area contributed by atoms with Crippen LogP contribution in [0, 0.1) is 21.8 Å². The number of nitro groups is 1. The van der Waals surface area contributed by atoms with Crippen molar-refractivity contribution in [3.63, 3.8) is 0 Å². The van der Waals surface area contributed by atoms with Gasteiger partial charge in [0.25, 0.3) is 5.69 Å².